The fourth-order valence-electron chi connectivity index (χ4n) is 5.87. The van der Waals surface area contributed by atoms with Gasteiger partial charge in [-0.3, -0.25) is 9.59 Å². The molecule has 2 heterocycles. The van der Waals surface area contributed by atoms with Crippen LogP contribution < -0.4 is 9.64 Å². The zero-order chi connectivity index (χ0) is 29.9. The summed E-state index contributed by atoms with van der Waals surface area (Å²) in [6.07, 6.45) is -1.40. The van der Waals surface area contributed by atoms with Gasteiger partial charge in [0.2, 0.25) is 0 Å². The van der Waals surface area contributed by atoms with Crippen molar-refractivity contribution in [1.82, 2.24) is 9.80 Å². The van der Waals surface area contributed by atoms with E-state index in [4.69, 9.17) is 4.74 Å². The number of rotatable bonds is 7. The number of hydrogen-bond donors (Lipinski definition) is 1. The number of amides is 2. The third kappa shape index (κ3) is 6.60. The maximum absolute atomic E-state index is 14.1. The smallest absolute Gasteiger partial charge is 0.430 e. The first kappa shape index (κ1) is 30.6. The summed E-state index contributed by atoms with van der Waals surface area (Å²) in [6.45, 7) is 1.92. The molecular formula is C30H37F4N3O4. The third-order valence-corrected chi connectivity index (χ3v) is 8.31. The first-order valence-corrected chi connectivity index (χ1v) is 13.8. The number of benzene rings is 2. The SMILES string of the molecule is COc1cc(F)cc(C(O)(C(=O)N2CCC(CC3CCN(c4ccc(C(=O)N(C)C)cc4)CC3)CC2)C(F)(F)F)c1. The highest BCUT2D eigenvalue weighted by atomic mass is 19.4. The Kier molecular flexibility index (Phi) is 9.16. The minimum Gasteiger partial charge on any atom is -0.497 e. The van der Waals surface area contributed by atoms with Crippen LogP contribution in [0.4, 0.5) is 23.2 Å². The zero-order valence-electron chi connectivity index (χ0n) is 23.6. The molecule has 2 saturated heterocycles. The van der Waals surface area contributed by atoms with E-state index in [1.807, 2.05) is 24.3 Å². The Bertz CT molecular complexity index is 1220. The monoisotopic (exact) mass is 579 g/mol. The minimum atomic E-state index is -5.35. The van der Waals surface area contributed by atoms with Crippen LogP contribution in [-0.4, -0.2) is 80.3 Å². The second-order valence-electron chi connectivity index (χ2n) is 11.2. The summed E-state index contributed by atoms with van der Waals surface area (Å²) in [5, 5.41) is 10.7. The van der Waals surface area contributed by atoms with E-state index in [1.165, 1.54) is 0 Å². The van der Waals surface area contributed by atoms with Gasteiger partial charge in [-0.1, -0.05) is 0 Å². The lowest BCUT2D eigenvalue weighted by atomic mass is 9.82. The van der Waals surface area contributed by atoms with Gasteiger partial charge in [-0.05, 0) is 80.3 Å². The number of halogens is 4. The average Bonchev–Trinajstić information content (AvgIpc) is 2.95. The molecule has 1 N–H and O–H groups in total. The van der Waals surface area contributed by atoms with Gasteiger partial charge in [-0.25, -0.2) is 4.39 Å². The Hall–Kier alpha value is -3.34. The number of hydrogen-bond acceptors (Lipinski definition) is 5. The number of carbonyl (C=O) groups is 2. The maximum atomic E-state index is 14.1. The predicted molar refractivity (Wildman–Crippen MR) is 146 cm³/mol. The Morgan fingerprint density at radius 3 is 2.02 bits per heavy atom. The molecular weight excluding hydrogens is 542 g/mol. The molecule has 4 rings (SSSR count). The van der Waals surface area contributed by atoms with Crippen molar-refractivity contribution in [2.45, 2.75) is 43.9 Å². The molecule has 0 bridgehead atoms. The summed E-state index contributed by atoms with van der Waals surface area (Å²) in [5.41, 5.74) is -3.07. The summed E-state index contributed by atoms with van der Waals surface area (Å²) < 4.78 is 61.2. The minimum absolute atomic E-state index is 0.0414. The summed E-state index contributed by atoms with van der Waals surface area (Å²) >= 11 is 0. The number of alkyl halides is 3. The number of ether oxygens (including phenoxy) is 1. The number of carbonyl (C=O) groups excluding carboxylic acids is 2. The fraction of sp³-hybridized carbons (Fsp3) is 0.533. The van der Waals surface area contributed by atoms with Gasteiger partial charge in [0.05, 0.1) is 7.11 Å². The molecule has 0 aliphatic carbocycles. The molecule has 0 spiro atoms. The van der Waals surface area contributed by atoms with Gasteiger partial charge in [0.1, 0.15) is 11.6 Å². The average molecular weight is 580 g/mol. The van der Waals surface area contributed by atoms with Crippen LogP contribution >= 0.6 is 0 Å². The van der Waals surface area contributed by atoms with Gasteiger partial charge in [-0.2, -0.15) is 13.2 Å². The lowest BCUT2D eigenvalue weighted by molar-refractivity contribution is -0.262. The Morgan fingerprint density at radius 2 is 1.51 bits per heavy atom. The van der Waals surface area contributed by atoms with Crippen LogP contribution in [0.3, 0.4) is 0 Å². The van der Waals surface area contributed by atoms with Crippen LogP contribution in [0, 0.1) is 17.7 Å². The highest BCUT2D eigenvalue weighted by Crippen LogP contribution is 2.43. The van der Waals surface area contributed by atoms with E-state index in [9.17, 15) is 32.3 Å². The fourth-order valence-corrected chi connectivity index (χ4v) is 5.87. The Balaban J connectivity index is 1.31. The summed E-state index contributed by atoms with van der Waals surface area (Å²) in [5.74, 6) is -2.07. The van der Waals surface area contributed by atoms with Crippen LogP contribution in [0.1, 0.15) is 48.0 Å². The summed E-state index contributed by atoms with van der Waals surface area (Å²) in [7, 11) is 4.60. The van der Waals surface area contributed by atoms with Crippen molar-refractivity contribution in [2.24, 2.45) is 11.8 Å². The molecule has 1 atom stereocenters. The van der Waals surface area contributed by atoms with E-state index >= 15 is 0 Å². The first-order chi connectivity index (χ1) is 19.3. The van der Waals surface area contributed by atoms with Crippen molar-refractivity contribution in [3.8, 4) is 5.75 Å². The number of nitrogens with zero attached hydrogens (tertiary/aromatic N) is 3. The normalized spacial score (nSPS) is 18.6. The molecule has 0 aromatic heterocycles. The number of piperidine rings is 2. The van der Waals surface area contributed by atoms with Gasteiger partial charge in [0.15, 0.2) is 0 Å². The highest BCUT2D eigenvalue weighted by Gasteiger charge is 2.62. The molecule has 0 radical (unpaired) electrons. The summed E-state index contributed by atoms with van der Waals surface area (Å²) in [6, 6.07) is 9.84. The molecule has 41 heavy (non-hydrogen) atoms. The van der Waals surface area contributed by atoms with Crippen LogP contribution in [0.25, 0.3) is 0 Å². The molecule has 2 aliphatic rings. The van der Waals surface area contributed by atoms with Crippen LogP contribution in [0.2, 0.25) is 0 Å². The van der Waals surface area contributed by atoms with E-state index < -0.39 is 29.1 Å². The number of methoxy groups -OCH3 is 1. The van der Waals surface area contributed by atoms with Crippen molar-refractivity contribution >= 4 is 17.5 Å². The van der Waals surface area contributed by atoms with Crippen molar-refractivity contribution in [2.75, 3.05) is 52.3 Å². The zero-order valence-corrected chi connectivity index (χ0v) is 23.6. The van der Waals surface area contributed by atoms with E-state index in [0.29, 0.717) is 30.4 Å². The second kappa shape index (κ2) is 12.3. The molecule has 2 aliphatic heterocycles. The molecule has 7 nitrogen and oxygen atoms in total. The second-order valence-corrected chi connectivity index (χ2v) is 11.2. The van der Waals surface area contributed by atoms with Gasteiger partial charge < -0.3 is 24.5 Å². The molecule has 2 aromatic rings. The van der Waals surface area contributed by atoms with Crippen molar-refractivity contribution in [3.05, 3.63) is 59.4 Å². The lowest BCUT2D eigenvalue weighted by Crippen LogP contribution is -2.57. The quantitative estimate of drug-likeness (QED) is 0.476. The molecule has 1 unspecified atom stereocenters. The lowest BCUT2D eigenvalue weighted by Gasteiger charge is -2.40. The molecule has 2 aromatic carbocycles. The van der Waals surface area contributed by atoms with Crippen LogP contribution in [-0.2, 0) is 10.4 Å². The molecule has 11 heteroatoms. The molecule has 2 amide bonds. The maximum Gasteiger partial charge on any atom is 0.430 e. The van der Waals surface area contributed by atoms with E-state index in [0.717, 1.165) is 62.2 Å². The topological polar surface area (TPSA) is 73.3 Å². The van der Waals surface area contributed by atoms with Gasteiger partial charge in [0.25, 0.3) is 17.4 Å². The summed E-state index contributed by atoms with van der Waals surface area (Å²) in [4.78, 5) is 30.1. The van der Waals surface area contributed by atoms with Crippen molar-refractivity contribution in [3.63, 3.8) is 0 Å². The standard InChI is InChI=1S/C30H37F4N3O4/c1-35(2)27(38)22-4-6-25(7-5-22)36-12-8-20(9-13-36)16-21-10-14-37(15-11-21)28(39)29(40,30(32,33)34)23-17-24(31)19-26(18-23)41-3/h4-7,17-21,40H,8-16H2,1-3H3. The molecule has 224 valence electrons. The number of aliphatic hydroxyl groups is 1. The van der Waals surface area contributed by atoms with Gasteiger partial charge >= 0.3 is 6.18 Å². The number of likely N-dealkylation sites (tertiary alicyclic amines) is 1. The molecule has 0 saturated carbocycles. The van der Waals surface area contributed by atoms with E-state index in [-0.39, 0.29) is 30.7 Å². The van der Waals surface area contributed by atoms with E-state index in [1.54, 1.807) is 19.0 Å². The number of anilines is 1. The first-order valence-electron chi connectivity index (χ1n) is 13.8. The largest absolute Gasteiger partial charge is 0.497 e. The third-order valence-electron chi connectivity index (χ3n) is 8.31. The van der Waals surface area contributed by atoms with E-state index in [2.05, 4.69) is 4.90 Å². The van der Waals surface area contributed by atoms with Crippen LogP contribution in [0.15, 0.2) is 42.5 Å². The predicted octanol–water partition coefficient (Wildman–Crippen LogP) is 4.83. The molecule has 2 fully saturated rings. The highest BCUT2D eigenvalue weighted by molar-refractivity contribution is 5.94. The van der Waals surface area contributed by atoms with Gasteiger partial charge in [0, 0.05) is 63.2 Å². The Labute approximate surface area is 237 Å². The Morgan fingerprint density at radius 1 is 0.951 bits per heavy atom. The van der Waals surface area contributed by atoms with Crippen molar-refractivity contribution < 1.29 is 37.0 Å². The van der Waals surface area contributed by atoms with Crippen molar-refractivity contribution in [1.29, 1.82) is 0 Å². The van der Waals surface area contributed by atoms with Crippen LogP contribution in [0.5, 0.6) is 5.75 Å². The van der Waals surface area contributed by atoms with Gasteiger partial charge in [-0.15, -0.1) is 0 Å².